The summed E-state index contributed by atoms with van der Waals surface area (Å²) in [7, 11) is 0. The van der Waals surface area contributed by atoms with E-state index < -0.39 is 0 Å². The highest BCUT2D eigenvalue weighted by Crippen LogP contribution is 2.23. The Bertz CT molecular complexity index is 1310. The Kier molecular flexibility index (Phi) is 6.80. The number of nitrogens with zero attached hydrogens (tertiary/aromatic N) is 1. The van der Waals surface area contributed by atoms with Gasteiger partial charge in [0.1, 0.15) is 18.1 Å². The molecule has 5 rings (SSSR count). The van der Waals surface area contributed by atoms with Crippen molar-refractivity contribution in [2.75, 3.05) is 13.1 Å². The summed E-state index contributed by atoms with van der Waals surface area (Å²) in [6.07, 6.45) is 1.29. The molecule has 35 heavy (non-hydrogen) atoms. The molecule has 2 amide bonds. The van der Waals surface area contributed by atoms with Gasteiger partial charge in [-0.3, -0.25) is 9.59 Å². The van der Waals surface area contributed by atoms with Gasteiger partial charge < -0.3 is 19.4 Å². The first-order chi connectivity index (χ1) is 17.2. The van der Waals surface area contributed by atoms with E-state index in [0.29, 0.717) is 44.0 Å². The zero-order chi connectivity index (χ0) is 24.0. The van der Waals surface area contributed by atoms with E-state index in [0.717, 1.165) is 22.1 Å². The maximum atomic E-state index is 12.9. The van der Waals surface area contributed by atoms with Gasteiger partial charge in [-0.1, -0.05) is 60.7 Å². The van der Waals surface area contributed by atoms with Crippen LogP contribution in [-0.2, 0) is 17.9 Å². The molecule has 0 aliphatic carbocycles. The number of ether oxygens (including phenoxy) is 1. The summed E-state index contributed by atoms with van der Waals surface area (Å²) >= 11 is 0. The number of likely N-dealkylation sites (tertiary alicyclic amines) is 1. The van der Waals surface area contributed by atoms with Crippen LogP contribution in [0.4, 0.5) is 0 Å². The lowest BCUT2D eigenvalue weighted by Crippen LogP contribution is -2.42. The minimum atomic E-state index is -0.148. The number of carbonyl (C=O) groups excluding carboxylic acids is 2. The second kappa shape index (κ2) is 10.5. The number of carbonyl (C=O) groups is 2. The standard InChI is InChI=1S/C29H28N2O4/c32-28(30-19-21-6-2-1-3-7-21)23-14-16-31(17-15-23)29(33)27-13-12-26(35-27)20-34-25-11-10-22-8-4-5-9-24(22)18-25/h1-13,18,23H,14-17,19-20H2,(H,30,32). The highest BCUT2D eigenvalue weighted by molar-refractivity contribution is 5.91. The third-order valence-electron chi connectivity index (χ3n) is 6.44. The summed E-state index contributed by atoms with van der Waals surface area (Å²) in [6.45, 7) is 1.84. The Morgan fingerprint density at radius 1 is 0.886 bits per heavy atom. The molecule has 1 N–H and O–H groups in total. The van der Waals surface area contributed by atoms with Crippen LogP contribution in [0.15, 0.2) is 89.3 Å². The fourth-order valence-corrected chi connectivity index (χ4v) is 4.41. The molecular weight excluding hydrogens is 440 g/mol. The number of nitrogens with one attached hydrogen (secondary N) is 1. The van der Waals surface area contributed by atoms with Gasteiger partial charge in [-0.2, -0.15) is 0 Å². The number of furan rings is 1. The molecule has 0 atom stereocenters. The van der Waals surface area contributed by atoms with Crippen molar-refractivity contribution >= 4 is 22.6 Å². The quantitative estimate of drug-likeness (QED) is 0.406. The first kappa shape index (κ1) is 22.7. The Hall–Kier alpha value is -4.06. The van der Waals surface area contributed by atoms with E-state index in [4.69, 9.17) is 9.15 Å². The molecule has 1 aromatic heterocycles. The molecule has 4 aromatic rings. The molecule has 6 nitrogen and oxygen atoms in total. The number of piperidine rings is 1. The summed E-state index contributed by atoms with van der Waals surface area (Å²) in [5.41, 5.74) is 1.08. The van der Waals surface area contributed by atoms with Crippen molar-refractivity contribution < 1.29 is 18.7 Å². The fraction of sp³-hybridized carbons (Fsp3) is 0.241. The minimum absolute atomic E-state index is 0.0482. The van der Waals surface area contributed by atoms with Crippen LogP contribution < -0.4 is 10.1 Å². The average Bonchev–Trinajstić information content (AvgIpc) is 3.40. The Labute approximate surface area is 204 Å². The maximum absolute atomic E-state index is 12.9. The third kappa shape index (κ3) is 5.54. The molecule has 1 saturated heterocycles. The zero-order valence-corrected chi connectivity index (χ0v) is 19.5. The van der Waals surface area contributed by atoms with Gasteiger partial charge in [-0.15, -0.1) is 0 Å². The first-order valence-electron chi connectivity index (χ1n) is 12.0. The van der Waals surface area contributed by atoms with Crippen LogP contribution in [0.2, 0.25) is 0 Å². The van der Waals surface area contributed by atoms with Gasteiger partial charge in [0, 0.05) is 25.6 Å². The maximum Gasteiger partial charge on any atom is 0.289 e. The normalized spacial score (nSPS) is 14.1. The number of fused-ring (bicyclic) bond motifs is 1. The molecule has 0 saturated carbocycles. The van der Waals surface area contributed by atoms with Gasteiger partial charge in [-0.05, 0) is 53.4 Å². The molecule has 0 unspecified atom stereocenters. The van der Waals surface area contributed by atoms with Crippen molar-refractivity contribution in [3.63, 3.8) is 0 Å². The number of hydrogen-bond donors (Lipinski definition) is 1. The molecule has 1 aliphatic heterocycles. The molecule has 0 bridgehead atoms. The van der Waals surface area contributed by atoms with E-state index in [9.17, 15) is 9.59 Å². The average molecular weight is 469 g/mol. The van der Waals surface area contributed by atoms with E-state index >= 15 is 0 Å². The van der Waals surface area contributed by atoms with Gasteiger partial charge in [0.15, 0.2) is 5.76 Å². The predicted octanol–water partition coefficient (Wildman–Crippen LogP) is 5.18. The predicted molar refractivity (Wildman–Crippen MR) is 134 cm³/mol. The van der Waals surface area contributed by atoms with E-state index in [1.807, 2.05) is 66.7 Å². The van der Waals surface area contributed by atoms with Crippen LogP contribution in [-0.4, -0.2) is 29.8 Å². The first-order valence-corrected chi connectivity index (χ1v) is 12.0. The summed E-state index contributed by atoms with van der Waals surface area (Å²) in [6, 6.07) is 27.4. The van der Waals surface area contributed by atoms with E-state index in [2.05, 4.69) is 11.4 Å². The summed E-state index contributed by atoms with van der Waals surface area (Å²) in [4.78, 5) is 27.2. The Balaban J connectivity index is 1.10. The van der Waals surface area contributed by atoms with Crippen LogP contribution in [0.5, 0.6) is 5.75 Å². The lowest BCUT2D eigenvalue weighted by atomic mass is 9.95. The van der Waals surface area contributed by atoms with Crippen LogP contribution >= 0.6 is 0 Å². The van der Waals surface area contributed by atoms with Crippen molar-refractivity contribution in [1.82, 2.24) is 10.2 Å². The second-order valence-electron chi connectivity index (χ2n) is 8.83. The molecule has 1 aliphatic rings. The Morgan fingerprint density at radius 2 is 1.63 bits per heavy atom. The van der Waals surface area contributed by atoms with Crippen molar-refractivity contribution in [2.45, 2.75) is 26.0 Å². The van der Waals surface area contributed by atoms with Gasteiger partial charge in [0.2, 0.25) is 5.91 Å². The zero-order valence-electron chi connectivity index (χ0n) is 19.5. The highest BCUT2D eigenvalue weighted by atomic mass is 16.5. The fourth-order valence-electron chi connectivity index (χ4n) is 4.41. The molecule has 0 radical (unpaired) electrons. The van der Waals surface area contributed by atoms with Gasteiger partial charge in [0.25, 0.3) is 5.91 Å². The van der Waals surface area contributed by atoms with Gasteiger partial charge in [-0.25, -0.2) is 0 Å². The summed E-state index contributed by atoms with van der Waals surface area (Å²) in [5.74, 6) is 1.47. The van der Waals surface area contributed by atoms with Gasteiger partial charge in [0.05, 0.1) is 0 Å². The lowest BCUT2D eigenvalue weighted by molar-refractivity contribution is -0.126. The van der Waals surface area contributed by atoms with Crippen LogP contribution in [0.25, 0.3) is 10.8 Å². The van der Waals surface area contributed by atoms with Crippen molar-refractivity contribution in [1.29, 1.82) is 0 Å². The van der Waals surface area contributed by atoms with E-state index in [1.54, 1.807) is 17.0 Å². The van der Waals surface area contributed by atoms with Crippen molar-refractivity contribution in [2.24, 2.45) is 5.92 Å². The van der Waals surface area contributed by atoms with E-state index in [1.165, 1.54) is 0 Å². The second-order valence-corrected chi connectivity index (χ2v) is 8.83. The molecule has 0 spiro atoms. The number of hydrogen-bond acceptors (Lipinski definition) is 4. The van der Waals surface area contributed by atoms with Crippen LogP contribution in [0.3, 0.4) is 0 Å². The SMILES string of the molecule is O=C(NCc1ccccc1)C1CCN(C(=O)c2ccc(COc3ccc4ccccc4c3)o2)CC1. The number of benzene rings is 3. The van der Waals surface area contributed by atoms with Crippen LogP contribution in [0, 0.1) is 5.92 Å². The van der Waals surface area contributed by atoms with Crippen molar-refractivity contribution in [3.8, 4) is 5.75 Å². The lowest BCUT2D eigenvalue weighted by Gasteiger charge is -2.30. The molecule has 1 fully saturated rings. The van der Waals surface area contributed by atoms with Crippen LogP contribution in [0.1, 0.15) is 34.7 Å². The summed E-state index contributed by atoms with van der Waals surface area (Å²) in [5, 5.41) is 5.27. The minimum Gasteiger partial charge on any atom is -0.486 e. The number of amides is 2. The molecule has 6 heteroatoms. The topological polar surface area (TPSA) is 71.8 Å². The number of rotatable bonds is 7. The van der Waals surface area contributed by atoms with Gasteiger partial charge >= 0.3 is 0 Å². The molecule has 178 valence electrons. The third-order valence-corrected chi connectivity index (χ3v) is 6.44. The summed E-state index contributed by atoms with van der Waals surface area (Å²) < 4.78 is 11.6. The largest absolute Gasteiger partial charge is 0.486 e. The molecule has 2 heterocycles. The highest BCUT2D eigenvalue weighted by Gasteiger charge is 2.29. The molecular formula is C29H28N2O4. The smallest absolute Gasteiger partial charge is 0.289 e. The Morgan fingerprint density at radius 3 is 2.43 bits per heavy atom. The van der Waals surface area contributed by atoms with E-state index in [-0.39, 0.29) is 24.3 Å². The van der Waals surface area contributed by atoms with Crippen molar-refractivity contribution in [3.05, 3.63) is 102 Å². The molecule has 3 aromatic carbocycles. The monoisotopic (exact) mass is 468 g/mol.